The van der Waals surface area contributed by atoms with Gasteiger partial charge in [0.2, 0.25) is 17.7 Å². The van der Waals surface area contributed by atoms with E-state index in [1.165, 1.54) is 4.90 Å². The molecule has 1 aliphatic rings. The lowest BCUT2D eigenvalue weighted by molar-refractivity contribution is -0.143. The van der Waals surface area contributed by atoms with E-state index in [9.17, 15) is 24.3 Å². The zero-order valence-corrected chi connectivity index (χ0v) is 22.5. The van der Waals surface area contributed by atoms with E-state index in [2.05, 4.69) is 15.6 Å². The number of aliphatic carboxylic acids is 1. The zero-order valence-electron chi connectivity index (χ0n) is 21.7. The van der Waals surface area contributed by atoms with Crippen LogP contribution in [0, 0.1) is 0 Å². The second kappa shape index (κ2) is 15.8. The molecule has 1 aromatic carbocycles. The van der Waals surface area contributed by atoms with Gasteiger partial charge in [0.1, 0.15) is 18.1 Å². The number of guanidine groups is 1. The van der Waals surface area contributed by atoms with Crippen LogP contribution in [0.5, 0.6) is 0 Å². The minimum absolute atomic E-state index is 0.0999. The average molecular weight is 550 g/mol. The normalized spacial score (nSPS) is 17.2. The number of benzene rings is 1. The number of rotatable bonds is 15. The molecule has 1 aliphatic heterocycles. The number of nitrogens with one attached hydrogen (secondary N) is 2. The van der Waals surface area contributed by atoms with Crippen LogP contribution >= 0.6 is 11.8 Å². The molecule has 1 fully saturated rings. The van der Waals surface area contributed by atoms with Gasteiger partial charge in [0.15, 0.2) is 5.96 Å². The second-order valence-electron chi connectivity index (χ2n) is 9.18. The molecule has 2 rings (SSSR count). The summed E-state index contributed by atoms with van der Waals surface area (Å²) in [6, 6.07) is 5.39. The van der Waals surface area contributed by atoms with E-state index in [1.807, 2.05) is 36.6 Å². The van der Waals surface area contributed by atoms with Gasteiger partial charge in [-0.2, -0.15) is 11.8 Å². The van der Waals surface area contributed by atoms with Crippen molar-refractivity contribution in [2.45, 2.75) is 62.7 Å². The highest BCUT2D eigenvalue weighted by molar-refractivity contribution is 7.98. The highest BCUT2D eigenvalue weighted by atomic mass is 32.2. The summed E-state index contributed by atoms with van der Waals surface area (Å²) in [4.78, 5) is 56.6. The molecule has 4 unspecified atom stereocenters. The number of carbonyl (C=O) groups is 4. The first kappa shape index (κ1) is 30.9. The standard InChI is InChI=1S/C25H39N7O5S/c1-38-14-11-17(26)23(35)32-13-6-10-20(32)22(34)31-19(15-16-7-3-2-4-8-16)21(33)30-18(24(36)37)9-5-12-29-25(27)28/h2-4,7-8,17-20H,5-6,9-15,26H2,1H3,(H,30,33)(H,31,34)(H,36,37)(H4,27,28,29). The van der Waals surface area contributed by atoms with Crippen molar-refractivity contribution in [3.05, 3.63) is 35.9 Å². The summed E-state index contributed by atoms with van der Waals surface area (Å²) < 4.78 is 0. The van der Waals surface area contributed by atoms with E-state index in [1.54, 1.807) is 11.8 Å². The Morgan fingerprint density at radius 2 is 1.84 bits per heavy atom. The fourth-order valence-electron chi connectivity index (χ4n) is 4.24. The highest BCUT2D eigenvalue weighted by Crippen LogP contribution is 2.20. The number of nitrogens with zero attached hydrogens (tertiary/aromatic N) is 2. The van der Waals surface area contributed by atoms with Crippen molar-refractivity contribution in [2.75, 3.05) is 25.1 Å². The van der Waals surface area contributed by atoms with Crippen LogP contribution in [0.15, 0.2) is 35.3 Å². The largest absolute Gasteiger partial charge is 0.480 e. The van der Waals surface area contributed by atoms with Gasteiger partial charge in [-0.15, -0.1) is 0 Å². The molecule has 0 aromatic heterocycles. The van der Waals surface area contributed by atoms with Gasteiger partial charge in [0, 0.05) is 19.5 Å². The monoisotopic (exact) mass is 549 g/mol. The van der Waals surface area contributed by atoms with Crippen molar-refractivity contribution in [3.8, 4) is 0 Å². The lowest BCUT2D eigenvalue weighted by Crippen LogP contribution is -2.57. The molecule has 210 valence electrons. The first-order valence-corrected chi connectivity index (χ1v) is 14.0. The van der Waals surface area contributed by atoms with Crippen LogP contribution in [-0.4, -0.2) is 88.9 Å². The van der Waals surface area contributed by atoms with Crippen LogP contribution in [-0.2, 0) is 25.6 Å². The molecule has 12 nitrogen and oxygen atoms in total. The molecule has 1 heterocycles. The van der Waals surface area contributed by atoms with E-state index < -0.39 is 42.0 Å². The van der Waals surface area contributed by atoms with Crippen LogP contribution < -0.4 is 27.8 Å². The van der Waals surface area contributed by atoms with E-state index in [0.29, 0.717) is 32.2 Å². The Balaban J connectivity index is 2.14. The number of amides is 3. The maximum absolute atomic E-state index is 13.3. The molecule has 13 heteroatoms. The summed E-state index contributed by atoms with van der Waals surface area (Å²) >= 11 is 1.59. The molecule has 0 saturated carbocycles. The molecule has 1 aromatic rings. The smallest absolute Gasteiger partial charge is 0.326 e. The predicted octanol–water partition coefficient (Wildman–Crippen LogP) is -0.592. The molecular formula is C25H39N7O5S. The molecule has 0 aliphatic carbocycles. The summed E-state index contributed by atoms with van der Waals surface area (Å²) in [7, 11) is 0. The van der Waals surface area contributed by atoms with Crippen LogP contribution in [0.4, 0.5) is 0 Å². The molecule has 0 bridgehead atoms. The maximum atomic E-state index is 13.3. The fraction of sp³-hybridized carbons (Fsp3) is 0.560. The Morgan fingerprint density at radius 1 is 1.13 bits per heavy atom. The van der Waals surface area contributed by atoms with Crippen LogP contribution in [0.1, 0.15) is 37.7 Å². The van der Waals surface area contributed by atoms with E-state index in [-0.39, 0.29) is 31.3 Å². The highest BCUT2D eigenvalue weighted by Gasteiger charge is 2.37. The lowest BCUT2D eigenvalue weighted by Gasteiger charge is -2.28. The van der Waals surface area contributed by atoms with Gasteiger partial charge in [-0.1, -0.05) is 30.3 Å². The molecule has 1 saturated heterocycles. The van der Waals surface area contributed by atoms with Crippen molar-refractivity contribution in [1.82, 2.24) is 15.5 Å². The van der Waals surface area contributed by atoms with E-state index in [4.69, 9.17) is 17.2 Å². The molecular weight excluding hydrogens is 510 g/mol. The molecule has 4 atom stereocenters. The summed E-state index contributed by atoms with van der Waals surface area (Å²) in [6.45, 7) is 0.632. The molecule has 3 amide bonds. The average Bonchev–Trinajstić information content (AvgIpc) is 3.38. The number of carboxylic acid groups (broad SMARTS) is 1. The first-order chi connectivity index (χ1) is 18.1. The van der Waals surface area contributed by atoms with Gasteiger partial charge in [-0.05, 0) is 49.7 Å². The topological polar surface area (TPSA) is 206 Å². The Bertz CT molecular complexity index is 974. The molecule has 38 heavy (non-hydrogen) atoms. The van der Waals surface area contributed by atoms with Gasteiger partial charge in [-0.3, -0.25) is 19.4 Å². The van der Waals surface area contributed by atoms with Gasteiger partial charge in [-0.25, -0.2) is 4.79 Å². The number of likely N-dealkylation sites (tertiary alicyclic amines) is 1. The zero-order chi connectivity index (χ0) is 28.1. The Labute approximate surface area is 227 Å². The molecule has 9 N–H and O–H groups in total. The van der Waals surface area contributed by atoms with Crippen molar-refractivity contribution < 1.29 is 24.3 Å². The second-order valence-corrected chi connectivity index (χ2v) is 10.2. The number of nitrogens with two attached hydrogens (primary N) is 3. The third-order valence-electron chi connectivity index (χ3n) is 6.26. The number of hydrogen-bond acceptors (Lipinski definition) is 7. The van der Waals surface area contributed by atoms with Crippen molar-refractivity contribution in [2.24, 2.45) is 22.2 Å². The van der Waals surface area contributed by atoms with E-state index in [0.717, 1.165) is 11.3 Å². The SMILES string of the molecule is CSCCC(N)C(=O)N1CCCC1C(=O)NC(Cc1ccccc1)C(=O)NC(CCCN=C(N)N)C(=O)O. The number of aliphatic imine (C=N–C) groups is 1. The van der Waals surface area contributed by atoms with Crippen molar-refractivity contribution in [3.63, 3.8) is 0 Å². The quantitative estimate of drug-likeness (QED) is 0.0937. The third kappa shape index (κ3) is 9.86. The van der Waals surface area contributed by atoms with Crippen LogP contribution in [0.3, 0.4) is 0 Å². The number of carbonyl (C=O) groups excluding carboxylic acids is 3. The third-order valence-corrected chi connectivity index (χ3v) is 6.91. The van der Waals surface area contributed by atoms with Crippen LogP contribution in [0.25, 0.3) is 0 Å². The number of carboxylic acids is 1. The minimum atomic E-state index is -1.21. The lowest BCUT2D eigenvalue weighted by atomic mass is 10.0. The number of hydrogen-bond donors (Lipinski definition) is 6. The summed E-state index contributed by atoms with van der Waals surface area (Å²) in [5, 5.41) is 14.9. The summed E-state index contributed by atoms with van der Waals surface area (Å²) in [6.07, 6.45) is 4.11. The first-order valence-electron chi connectivity index (χ1n) is 12.6. The predicted molar refractivity (Wildman–Crippen MR) is 147 cm³/mol. The maximum Gasteiger partial charge on any atom is 0.326 e. The van der Waals surface area contributed by atoms with Gasteiger partial charge in [0.25, 0.3) is 0 Å². The Kier molecular flexibility index (Phi) is 12.9. The minimum Gasteiger partial charge on any atom is -0.480 e. The summed E-state index contributed by atoms with van der Waals surface area (Å²) in [5.74, 6) is -1.97. The molecule has 0 spiro atoms. The number of thioether (sulfide) groups is 1. The Morgan fingerprint density at radius 3 is 2.47 bits per heavy atom. The van der Waals surface area contributed by atoms with E-state index >= 15 is 0 Å². The van der Waals surface area contributed by atoms with Crippen molar-refractivity contribution in [1.29, 1.82) is 0 Å². The fourth-order valence-corrected chi connectivity index (χ4v) is 4.73. The van der Waals surface area contributed by atoms with Gasteiger partial charge < -0.3 is 37.8 Å². The van der Waals surface area contributed by atoms with Crippen LogP contribution in [0.2, 0.25) is 0 Å². The van der Waals surface area contributed by atoms with Gasteiger partial charge >= 0.3 is 5.97 Å². The molecule has 0 radical (unpaired) electrons. The Hall–Kier alpha value is -3.32. The van der Waals surface area contributed by atoms with Crippen molar-refractivity contribution >= 4 is 41.4 Å². The summed E-state index contributed by atoms with van der Waals surface area (Å²) in [5.41, 5.74) is 17.4. The van der Waals surface area contributed by atoms with Gasteiger partial charge in [0.05, 0.1) is 6.04 Å².